The van der Waals surface area contributed by atoms with Gasteiger partial charge in [-0.1, -0.05) is 84.9 Å². The Labute approximate surface area is 294 Å². The fourth-order valence-corrected chi connectivity index (χ4v) is 7.14. The number of furan rings is 1. The highest BCUT2D eigenvalue weighted by molar-refractivity contribution is 6.31. The van der Waals surface area contributed by atoms with E-state index >= 15 is 0 Å². The SMILES string of the molecule is N#Cc1ccc(N(c2ccccc2)c2cc3ccccc3c3c2oc2c(N(c4ccccc4)c4ccc(C#N)cc4)cc4ccccc4c23)cc1. The molecule has 238 valence electrons. The number of nitrogens with zero attached hydrogens (tertiary/aromatic N) is 4. The first-order valence-corrected chi connectivity index (χ1v) is 16.7. The summed E-state index contributed by atoms with van der Waals surface area (Å²) in [5.74, 6) is 0. The standard InChI is InChI=1S/C46H28N4O/c47-29-31-19-23-37(24-20-31)49(35-13-3-1-4-14-35)41-27-33-11-7-9-17-39(33)43-44-40-18-10-8-12-34(40)28-42(46(44)51-45(41)43)50(36-15-5-2-6-16-36)38-25-21-32(30-48)22-26-38/h1-28H. The van der Waals surface area contributed by atoms with Gasteiger partial charge < -0.3 is 14.2 Å². The summed E-state index contributed by atoms with van der Waals surface area (Å²) in [7, 11) is 0. The molecule has 0 spiro atoms. The quantitative estimate of drug-likeness (QED) is 0.179. The summed E-state index contributed by atoms with van der Waals surface area (Å²) < 4.78 is 7.28. The Morgan fingerprint density at radius 3 is 1.14 bits per heavy atom. The van der Waals surface area contributed by atoms with Gasteiger partial charge in [-0.15, -0.1) is 0 Å². The molecule has 0 N–H and O–H groups in total. The Morgan fingerprint density at radius 1 is 0.392 bits per heavy atom. The number of rotatable bonds is 6. The monoisotopic (exact) mass is 652 g/mol. The Balaban J connectivity index is 1.44. The molecule has 0 aliphatic carbocycles. The molecule has 0 fully saturated rings. The van der Waals surface area contributed by atoms with Crippen molar-refractivity contribution in [3.63, 3.8) is 0 Å². The van der Waals surface area contributed by atoms with Gasteiger partial charge in [-0.3, -0.25) is 0 Å². The van der Waals surface area contributed by atoms with E-state index in [-0.39, 0.29) is 0 Å². The van der Waals surface area contributed by atoms with Crippen LogP contribution in [0.25, 0.3) is 43.5 Å². The Bertz CT molecular complexity index is 2620. The molecule has 0 radical (unpaired) electrons. The van der Waals surface area contributed by atoms with Crippen molar-refractivity contribution in [3.05, 3.63) is 181 Å². The third-order valence-corrected chi connectivity index (χ3v) is 9.44. The van der Waals surface area contributed by atoms with E-state index in [1.165, 1.54) is 0 Å². The van der Waals surface area contributed by atoms with Crippen LogP contribution in [0.15, 0.2) is 174 Å². The molecule has 8 aromatic carbocycles. The Morgan fingerprint density at radius 2 is 0.745 bits per heavy atom. The average molecular weight is 653 g/mol. The van der Waals surface area contributed by atoms with Gasteiger partial charge in [-0.25, -0.2) is 0 Å². The van der Waals surface area contributed by atoms with E-state index in [1.54, 1.807) is 0 Å². The van der Waals surface area contributed by atoms with Crippen molar-refractivity contribution in [2.75, 3.05) is 9.80 Å². The van der Waals surface area contributed by atoms with E-state index < -0.39 is 0 Å². The predicted octanol–water partition coefficient (Wildman–Crippen LogP) is 12.6. The minimum Gasteiger partial charge on any atom is -0.452 e. The summed E-state index contributed by atoms with van der Waals surface area (Å²) in [5.41, 5.74) is 8.21. The zero-order chi connectivity index (χ0) is 34.3. The van der Waals surface area contributed by atoms with Crippen molar-refractivity contribution in [3.8, 4) is 12.1 Å². The zero-order valence-corrected chi connectivity index (χ0v) is 27.4. The first kappa shape index (κ1) is 29.8. The molecule has 0 atom stereocenters. The molecule has 0 aliphatic rings. The molecule has 0 bridgehead atoms. The average Bonchev–Trinajstić information content (AvgIpc) is 3.61. The highest BCUT2D eigenvalue weighted by Crippen LogP contribution is 2.50. The van der Waals surface area contributed by atoms with E-state index in [4.69, 9.17) is 4.42 Å². The number of hydrogen-bond acceptors (Lipinski definition) is 5. The number of benzene rings is 8. The van der Waals surface area contributed by atoms with Gasteiger partial charge in [0.25, 0.3) is 0 Å². The summed E-state index contributed by atoms with van der Waals surface area (Å²) >= 11 is 0. The van der Waals surface area contributed by atoms with E-state index in [0.717, 1.165) is 77.6 Å². The molecular weight excluding hydrogens is 625 g/mol. The molecule has 9 rings (SSSR count). The molecular formula is C46H28N4O. The maximum atomic E-state index is 9.59. The predicted molar refractivity (Wildman–Crippen MR) is 208 cm³/mol. The van der Waals surface area contributed by atoms with Crippen LogP contribution in [0.3, 0.4) is 0 Å². The zero-order valence-electron chi connectivity index (χ0n) is 27.4. The van der Waals surface area contributed by atoms with Gasteiger partial charge in [0.15, 0.2) is 11.2 Å². The Hall–Kier alpha value is -7.34. The molecule has 0 saturated heterocycles. The molecule has 9 aromatic rings. The van der Waals surface area contributed by atoms with Crippen molar-refractivity contribution in [2.24, 2.45) is 0 Å². The van der Waals surface area contributed by atoms with Gasteiger partial charge >= 0.3 is 0 Å². The van der Waals surface area contributed by atoms with Crippen molar-refractivity contribution in [2.45, 2.75) is 0 Å². The summed E-state index contributed by atoms with van der Waals surface area (Å²) in [5, 5.41) is 25.6. The minimum atomic E-state index is 0.596. The fourth-order valence-electron chi connectivity index (χ4n) is 7.14. The highest BCUT2D eigenvalue weighted by Gasteiger charge is 2.26. The van der Waals surface area contributed by atoms with Crippen LogP contribution in [-0.2, 0) is 0 Å². The molecule has 0 unspecified atom stereocenters. The first-order valence-electron chi connectivity index (χ1n) is 16.7. The van der Waals surface area contributed by atoms with Crippen LogP contribution in [0, 0.1) is 22.7 Å². The number of anilines is 6. The van der Waals surface area contributed by atoms with E-state index in [9.17, 15) is 10.5 Å². The van der Waals surface area contributed by atoms with Crippen molar-refractivity contribution < 1.29 is 4.42 Å². The molecule has 51 heavy (non-hydrogen) atoms. The molecule has 0 aliphatic heterocycles. The van der Waals surface area contributed by atoms with Crippen molar-refractivity contribution in [1.29, 1.82) is 10.5 Å². The van der Waals surface area contributed by atoms with E-state index in [1.807, 2.05) is 84.9 Å². The lowest BCUT2D eigenvalue weighted by atomic mass is 9.97. The van der Waals surface area contributed by atoms with Crippen LogP contribution < -0.4 is 9.80 Å². The van der Waals surface area contributed by atoms with Crippen LogP contribution >= 0.6 is 0 Å². The van der Waals surface area contributed by atoms with Crippen LogP contribution in [0.1, 0.15) is 11.1 Å². The summed E-state index contributed by atoms with van der Waals surface area (Å²) in [6, 6.07) is 61.7. The molecule has 5 heteroatoms. The fraction of sp³-hybridized carbons (Fsp3) is 0. The first-order chi connectivity index (χ1) is 25.2. The van der Waals surface area contributed by atoms with Crippen LogP contribution in [0.2, 0.25) is 0 Å². The van der Waals surface area contributed by atoms with Crippen LogP contribution in [0.5, 0.6) is 0 Å². The van der Waals surface area contributed by atoms with Crippen molar-refractivity contribution in [1.82, 2.24) is 0 Å². The third-order valence-electron chi connectivity index (χ3n) is 9.44. The maximum absolute atomic E-state index is 9.59. The highest BCUT2D eigenvalue weighted by atomic mass is 16.3. The second-order valence-electron chi connectivity index (χ2n) is 12.4. The number of hydrogen-bond donors (Lipinski definition) is 0. The summed E-state index contributed by atoms with van der Waals surface area (Å²) in [6.45, 7) is 0. The van der Waals surface area contributed by atoms with Gasteiger partial charge in [0.1, 0.15) is 0 Å². The molecule has 5 nitrogen and oxygen atoms in total. The largest absolute Gasteiger partial charge is 0.452 e. The lowest BCUT2D eigenvalue weighted by Crippen LogP contribution is -2.10. The molecule has 0 saturated carbocycles. The second kappa shape index (κ2) is 12.3. The summed E-state index contributed by atoms with van der Waals surface area (Å²) in [6.07, 6.45) is 0. The summed E-state index contributed by atoms with van der Waals surface area (Å²) in [4.78, 5) is 4.41. The second-order valence-corrected chi connectivity index (χ2v) is 12.4. The van der Waals surface area contributed by atoms with Gasteiger partial charge in [0, 0.05) is 33.5 Å². The number of fused-ring (bicyclic) bond motifs is 7. The van der Waals surface area contributed by atoms with Gasteiger partial charge in [-0.2, -0.15) is 10.5 Å². The van der Waals surface area contributed by atoms with Gasteiger partial charge in [0.05, 0.1) is 34.6 Å². The topological polar surface area (TPSA) is 67.2 Å². The van der Waals surface area contributed by atoms with Crippen molar-refractivity contribution >= 4 is 77.6 Å². The van der Waals surface area contributed by atoms with Gasteiger partial charge in [-0.05, 0) is 106 Å². The molecule has 0 amide bonds. The third kappa shape index (κ3) is 5.01. The Kier molecular flexibility index (Phi) is 7.17. The number of para-hydroxylation sites is 2. The smallest absolute Gasteiger partial charge is 0.160 e. The van der Waals surface area contributed by atoms with Gasteiger partial charge in [0.2, 0.25) is 0 Å². The lowest BCUT2D eigenvalue weighted by Gasteiger charge is -2.26. The maximum Gasteiger partial charge on any atom is 0.160 e. The molecule has 1 aromatic heterocycles. The van der Waals surface area contributed by atoms with E-state index in [2.05, 4.69) is 107 Å². The van der Waals surface area contributed by atoms with E-state index in [0.29, 0.717) is 11.1 Å². The minimum absolute atomic E-state index is 0.596. The van der Waals surface area contributed by atoms with Crippen LogP contribution in [0.4, 0.5) is 34.1 Å². The number of nitriles is 2. The normalized spacial score (nSPS) is 11.1. The lowest BCUT2D eigenvalue weighted by molar-refractivity contribution is 0.670. The van der Waals surface area contributed by atoms with Crippen LogP contribution in [-0.4, -0.2) is 0 Å². The molecule has 1 heterocycles.